The Bertz CT molecular complexity index is 890. The zero-order valence-electron chi connectivity index (χ0n) is 13.9. The van der Waals surface area contributed by atoms with E-state index in [9.17, 15) is 15.0 Å². The maximum absolute atomic E-state index is 11.4. The summed E-state index contributed by atoms with van der Waals surface area (Å²) >= 11 is 1.48. The van der Waals surface area contributed by atoms with Gasteiger partial charge in [-0.15, -0.1) is 11.3 Å². The highest BCUT2D eigenvalue weighted by molar-refractivity contribution is 7.17. The van der Waals surface area contributed by atoms with E-state index in [-0.39, 0.29) is 0 Å². The first kappa shape index (κ1) is 17.3. The molecule has 25 heavy (non-hydrogen) atoms. The van der Waals surface area contributed by atoms with Gasteiger partial charge in [-0.2, -0.15) is 0 Å². The number of aromatic nitrogens is 2. The summed E-state index contributed by atoms with van der Waals surface area (Å²) in [6.45, 7) is 3.54. The summed E-state index contributed by atoms with van der Waals surface area (Å²) in [6, 6.07) is 7.09. The van der Waals surface area contributed by atoms with Crippen molar-refractivity contribution >= 4 is 33.3 Å². The number of nitrogens with zero attached hydrogens (tertiary/aromatic N) is 2. The molecule has 0 bridgehead atoms. The van der Waals surface area contributed by atoms with Gasteiger partial charge in [0.05, 0.1) is 11.5 Å². The predicted octanol–water partition coefficient (Wildman–Crippen LogP) is 3.17. The number of hydrogen-bond donors (Lipinski definition) is 3. The molecule has 0 radical (unpaired) electrons. The molecule has 3 N–H and O–H groups in total. The third-order valence-electron chi connectivity index (χ3n) is 4.08. The van der Waals surface area contributed by atoms with E-state index in [2.05, 4.69) is 34.3 Å². The number of anilines is 1. The molecule has 0 amide bonds. The van der Waals surface area contributed by atoms with Crippen molar-refractivity contribution < 1.29 is 15.0 Å². The molecule has 2 heterocycles. The highest BCUT2D eigenvalue weighted by Crippen LogP contribution is 2.36. The molecule has 1 aromatic carbocycles. The molecule has 0 saturated heterocycles. The smallest absolute Gasteiger partial charge is 0.328 e. The Hall–Kier alpha value is -2.51. The number of carboxylic acids is 1. The van der Waals surface area contributed by atoms with Crippen molar-refractivity contribution in [3.05, 3.63) is 41.5 Å². The third-order valence-corrected chi connectivity index (χ3v) is 4.97. The molecular weight excluding hydrogens is 338 g/mol. The highest BCUT2D eigenvalue weighted by Gasteiger charge is 2.25. The van der Waals surface area contributed by atoms with Gasteiger partial charge in [0.15, 0.2) is 6.04 Å². The number of aliphatic hydroxyl groups is 1. The van der Waals surface area contributed by atoms with Crippen LogP contribution < -0.4 is 5.32 Å². The van der Waals surface area contributed by atoms with E-state index in [4.69, 9.17) is 0 Å². The average molecular weight is 357 g/mol. The normalized spacial score (nSPS) is 13.6. The lowest BCUT2D eigenvalue weighted by Crippen LogP contribution is -2.39. The number of carbonyl (C=O) groups is 1. The van der Waals surface area contributed by atoms with Crippen LogP contribution in [0.15, 0.2) is 36.0 Å². The maximum Gasteiger partial charge on any atom is 0.328 e. The van der Waals surface area contributed by atoms with Crippen molar-refractivity contribution in [3.63, 3.8) is 0 Å². The maximum atomic E-state index is 11.4. The number of aliphatic carboxylic acids is 1. The summed E-state index contributed by atoms with van der Waals surface area (Å²) in [4.78, 5) is 20.6. The molecule has 2 aromatic heterocycles. The lowest BCUT2D eigenvalue weighted by Gasteiger charge is -2.18. The number of benzene rings is 1. The summed E-state index contributed by atoms with van der Waals surface area (Å²) in [7, 11) is 0. The number of rotatable bonds is 6. The minimum absolute atomic E-state index is 0.411. The van der Waals surface area contributed by atoms with Crippen molar-refractivity contribution in [1.82, 2.24) is 9.97 Å². The van der Waals surface area contributed by atoms with E-state index < -0.39 is 18.1 Å². The van der Waals surface area contributed by atoms with Crippen LogP contribution >= 0.6 is 11.3 Å². The molecule has 6 nitrogen and oxygen atoms in total. The first-order valence-corrected chi connectivity index (χ1v) is 8.88. The lowest BCUT2D eigenvalue weighted by atomic mass is 10.0. The Morgan fingerprint density at radius 1 is 1.28 bits per heavy atom. The van der Waals surface area contributed by atoms with Gasteiger partial charge in [0.25, 0.3) is 0 Å². The van der Waals surface area contributed by atoms with Crippen LogP contribution in [0.2, 0.25) is 0 Å². The SMILES string of the molecule is CCc1ccc(-c2csc3ncnc(NC(C(=O)O)C(C)O)c23)cc1. The molecule has 0 aliphatic rings. The molecule has 0 aliphatic heterocycles. The molecule has 3 rings (SSSR count). The number of aliphatic hydroxyl groups excluding tert-OH is 1. The van der Waals surface area contributed by atoms with Crippen molar-refractivity contribution in [1.29, 1.82) is 0 Å². The molecule has 0 fully saturated rings. The molecule has 2 atom stereocenters. The summed E-state index contributed by atoms with van der Waals surface area (Å²) < 4.78 is 0. The number of carboxylic acid groups (broad SMARTS) is 1. The molecule has 0 spiro atoms. The van der Waals surface area contributed by atoms with Gasteiger partial charge in [0.2, 0.25) is 0 Å². The zero-order chi connectivity index (χ0) is 18.0. The lowest BCUT2D eigenvalue weighted by molar-refractivity contribution is -0.140. The minimum Gasteiger partial charge on any atom is -0.480 e. The summed E-state index contributed by atoms with van der Waals surface area (Å²) in [6.07, 6.45) is 1.30. The van der Waals surface area contributed by atoms with E-state index in [1.807, 2.05) is 17.5 Å². The van der Waals surface area contributed by atoms with E-state index in [0.717, 1.165) is 27.8 Å². The Morgan fingerprint density at radius 3 is 2.60 bits per heavy atom. The van der Waals surface area contributed by atoms with Crippen LogP contribution in [0.1, 0.15) is 19.4 Å². The summed E-state index contributed by atoms with van der Waals surface area (Å²) in [5, 5.41) is 24.6. The second-order valence-corrected chi connectivity index (χ2v) is 6.66. The summed E-state index contributed by atoms with van der Waals surface area (Å²) in [5.41, 5.74) is 3.21. The predicted molar refractivity (Wildman–Crippen MR) is 99.0 cm³/mol. The van der Waals surface area contributed by atoms with Gasteiger partial charge >= 0.3 is 5.97 Å². The van der Waals surface area contributed by atoms with Crippen LogP contribution in [0, 0.1) is 0 Å². The number of hydrogen-bond acceptors (Lipinski definition) is 6. The zero-order valence-corrected chi connectivity index (χ0v) is 14.7. The van der Waals surface area contributed by atoms with Gasteiger partial charge in [-0.1, -0.05) is 31.2 Å². The largest absolute Gasteiger partial charge is 0.480 e. The molecule has 2 unspecified atom stereocenters. The number of aryl methyl sites for hydroxylation is 1. The second kappa shape index (κ2) is 7.16. The van der Waals surface area contributed by atoms with Gasteiger partial charge in [0.1, 0.15) is 17.0 Å². The Kier molecular flexibility index (Phi) is 4.96. The second-order valence-electron chi connectivity index (χ2n) is 5.80. The minimum atomic E-state index is -1.15. The van der Waals surface area contributed by atoms with Gasteiger partial charge in [-0.25, -0.2) is 14.8 Å². The number of thiophene rings is 1. The van der Waals surface area contributed by atoms with Crippen molar-refractivity contribution in [2.75, 3.05) is 5.32 Å². The monoisotopic (exact) mass is 357 g/mol. The van der Waals surface area contributed by atoms with Gasteiger partial charge in [0, 0.05) is 10.9 Å². The van der Waals surface area contributed by atoms with Crippen molar-refractivity contribution in [2.24, 2.45) is 0 Å². The number of nitrogens with one attached hydrogen (secondary N) is 1. The quantitative estimate of drug-likeness (QED) is 0.627. The molecule has 0 saturated carbocycles. The van der Waals surface area contributed by atoms with E-state index >= 15 is 0 Å². The first-order valence-electron chi connectivity index (χ1n) is 8.00. The van der Waals surface area contributed by atoms with Crippen LogP contribution in [0.4, 0.5) is 5.82 Å². The van der Waals surface area contributed by atoms with Crippen LogP contribution in [0.5, 0.6) is 0 Å². The van der Waals surface area contributed by atoms with Crippen LogP contribution in [-0.2, 0) is 11.2 Å². The average Bonchev–Trinajstić information content (AvgIpc) is 3.04. The molecule has 130 valence electrons. The van der Waals surface area contributed by atoms with Gasteiger partial charge in [-0.3, -0.25) is 0 Å². The van der Waals surface area contributed by atoms with Crippen LogP contribution in [0.3, 0.4) is 0 Å². The fourth-order valence-corrected chi connectivity index (χ4v) is 3.57. The molecule has 3 aromatic rings. The Morgan fingerprint density at radius 2 is 2.00 bits per heavy atom. The van der Waals surface area contributed by atoms with Crippen LogP contribution in [-0.4, -0.2) is 38.3 Å². The van der Waals surface area contributed by atoms with Gasteiger partial charge < -0.3 is 15.5 Å². The molecular formula is C18H19N3O3S. The standard InChI is InChI=1S/C18H19N3O3S/c1-3-11-4-6-12(7-5-11)13-8-25-17-14(13)16(19-9-20-17)21-15(10(2)22)18(23)24/h4-10,15,22H,3H2,1-2H3,(H,23,24)(H,19,20,21). The van der Waals surface area contributed by atoms with Gasteiger partial charge in [-0.05, 0) is 24.5 Å². The molecule has 7 heteroatoms. The number of fused-ring (bicyclic) bond motifs is 1. The van der Waals surface area contributed by atoms with Crippen molar-refractivity contribution in [2.45, 2.75) is 32.4 Å². The Balaban J connectivity index is 2.08. The van der Waals surface area contributed by atoms with E-state index in [1.165, 1.54) is 30.2 Å². The fourth-order valence-electron chi connectivity index (χ4n) is 2.65. The van der Waals surface area contributed by atoms with E-state index in [0.29, 0.717) is 5.82 Å². The molecule has 0 aliphatic carbocycles. The fraction of sp³-hybridized carbons (Fsp3) is 0.278. The first-order chi connectivity index (χ1) is 12.0. The van der Waals surface area contributed by atoms with Crippen molar-refractivity contribution in [3.8, 4) is 11.1 Å². The topological polar surface area (TPSA) is 95.3 Å². The third kappa shape index (κ3) is 3.47. The van der Waals surface area contributed by atoms with E-state index in [1.54, 1.807) is 0 Å². The highest BCUT2D eigenvalue weighted by atomic mass is 32.1. The summed E-state index contributed by atoms with van der Waals surface area (Å²) in [5.74, 6) is -0.722. The van der Waals surface area contributed by atoms with Crippen LogP contribution in [0.25, 0.3) is 21.3 Å². The Labute approximate surface area is 149 Å².